The van der Waals surface area contributed by atoms with Crippen molar-refractivity contribution in [2.24, 2.45) is 0 Å². The fourth-order valence-corrected chi connectivity index (χ4v) is 4.25. The second-order valence-electron chi connectivity index (χ2n) is 7.08. The molecule has 1 atom stereocenters. The number of rotatable bonds is 7. The molecule has 156 valence electrons. The molecule has 2 aromatic carbocycles. The molecule has 6 nitrogen and oxygen atoms in total. The summed E-state index contributed by atoms with van der Waals surface area (Å²) >= 11 is 6.17. The molecule has 2 aromatic rings. The molecule has 3 rings (SSSR count). The van der Waals surface area contributed by atoms with Crippen LogP contribution >= 0.6 is 11.6 Å². The lowest BCUT2D eigenvalue weighted by atomic mass is 9.69. The summed E-state index contributed by atoms with van der Waals surface area (Å²) in [5.74, 6) is -2.10. The van der Waals surface area contributed by atoms with Crippen LogP contribution in [0.5, 0.6) is 5.75 Å². The summed E-state index contributed by atoms with van der Waals surface area (Å²) in [6.45, 7) is 0.0254. The maximum absolute atomic E-state index is 14.0. The maximum atomic E-state index is 14.0. The predicted octanol–water partition coefficient (Wildman–Crippen LogP) is 4.03. The number of aryl methyl sites for hydroxylation is 1. The van der Waals surface area contributed by atoms with Crippen molar-refractivity contribution in [3.63, 3.8) is 0 Å². The number of benzene rings is 2. The van der Waals surface area contributed by atoms with E-state index in [4.69, 9.17) is 31.5 Å². The molecule has 29 heavy (non-hydrogen) atoms. The number of halogens is 2. The fraction of sp³-hybridized carbons (Fsp3) is 0.381. The van der Waals surface area contributed by atoms with Gasteiger partial charge in [0.2, 0.25) is 0 Å². The van der Waals surface area contributed by atoms with Gasteiger partial charge in [-0.15, -0.1) is 0 Å². The number of nitrogen functional groups attached to an aromatic ring is 1. The van der Waals surface area contributed by atoms with Crippen LogP contribution in [0.15, 0.2) is 30.3 Å². The van der Waals surface area contributed by atoms with Crippen LogP contribution in [0.3, 0.4) is 0 Å². The highest BCUT2D eigenvalue weighted by Crippen LogP contribution is 2.43. The summed E-state index contributed by atoms with van der Waals surface area (Å²) in [4.78, 5) is 11.6. The Labute approximate surface area is 173 Å². The number of fused-ring (bicyclic) bond motifs is 1. The predicted molar refractivity (Wildman–Crippen MR) is 107 cm³/mol. The second kappa shape index (κ2) is 8.57. The van der Waals surface area contributed by atoms with Gasteiger partial charge in [0.1, 0.15) is 23.7 Å². The van der Waals surface area contributed by atoms with E-state index >= 15 is 0 Å². The normalized spacial score (nSPS) is 18.5. The molecule has 0 heterocycles. The van der Waals surface area contributed by atoms with E-state index in [2.05, 4.69) is 0 Å². The molecular weight excluding hydrogens is 401 g/mol. The van der Waals surface area contributed by atoms with E-state index in [0.717, 1.165) is 36.1 Å². The summed E-state index contributed by atoms with van der Waals surface area (Å²) < 4.78 is 31.1. The zero-order valence-electron chi connectivity index (χ0n) is 16.2. The van der Waals surface area contributed by atoms with Crippen LogP contribution in [-0.2, 0) is 21.3 Å². The van der Waals surface area contributed by atoms with Gasteiger partial charge in [-0.25, -0.2) is 9.18 Å². The van der Waals surface area contributed by atoms with Crippen molar-refractivity contribution in [3.05, 3.63) is 57.9 Å². The number of carboxylic acid groups (broad SMARTS) is 1. The number of carboxylic acids is 1. The molecule has 1 unspecified atom stereocenters. The van der Waals surface area contributed by atoms with E-state index < -0.39 is 23.5 Å². The highest BCUT2D eigenvalue weighted by Gasteiger charge is 2.45. The Kier molecular flexibility index (Phi) is 6.31. The lowest BCUT2D eigenvalue weighted by molar-refractivity contribution is -0.162. The minimum absolute atomic E-state index is 0.0254. The van der Waals surface area contributed by atoms with Crippen molar-refractivity contribution >= 4 is 23.3 Å². The van der Waals surface area contributed by atoms with Gasteiger partial charge in [0.05, 0.1) is 11.1 Å². The Bertz CT molecular complexity index is 918. The highest BCUT2D eigenvalue weighted by molar-refractivity contribution is 6.30. The Hall–Kier alpha value is -2.35. The van der Waals surface area contributed by atoms with Crippen LogP contribution in [0.1, 0.15) is 34.3 Å². The molecule has 3 N–H and O–H groups in total. The third-order valence-corrected chi connectivity index (χ3v) is 5.60. The third kappa shape index (κ3) is 4.03. The molecule has 0 radical (unpaired) electrons. The third-order valence-electron chi connectivity index (χ3n) is 5.37. The van der Waals surface area contributed by atoms with E-state index in [1.54, 1.807) is 6.07 Å². The first-order valence-electron chi connectivity index (χ1n) is 9.12. The maximum Gasteiger partial charge on any atom is 0.339 e. The lowest BCUT2D eigenvalue weighted by Crippen LogP contribution is -2.49. The van der Waals surface area contributed by atoms with Gasteiger partial charge in [0.15, 0.2) is 6.29 Å². The summed E-state index contributed by atoms with van der Waals surface area (Å²) in [6, 6.07) is 7.64. The Morgan fingerprint density at radius 2 is 2.03 bits per heavy atom. The van der Waals surface area contributed by atoms with Gasteiger partial charge in [0, 0.05) is 25.3 Å². The molecule has 0 aromatic heterocycles. The van der Waals surface area contributed by atoms with Crippen LogP contribution in [0.2, 0.25) is 5.02 Å². The number of anilines is 1. The lowest BCUT2D eigenvalue weighted by Gasteiger charge is -2.43. The molecule has 0 amide bonds. The van der Waals surface area contributed by atoms with Crippen molar-refractivity contribution in [2.75, 3.05) is 26.6 Å². The molecule has 0 fully saturated rings. The molecule has 1 aliphatic rings. The number of aromatic carboxylic acids is 1. The average molecular weight is 424 g/mol. The number of carbonyl (C=O) groups is 1. The van der Waals surface area contributed by atoms with E-state index in [9.17, 15) is 14.3 Å². The van der Waals surface area contributed by atoms with Crippen molar-refractivity contribution in [1.29, 1.82) is 0 Å². The average Bonchev–Trinajstić information content (AvgIpc) is 2.69. The van der Waals surface area contributed by atoms with Crippen LogP contribution in [0, 0.1) is 5.82 Å². The van der Waals surface area contributed by atoms with Gasteiger partial charge >= 0.3 is 5.97 Å². The molecule has 0 aliphatic heterocycles. The van der Waals surface area contributed by atoms with Crippen LogP contribution in [0.25, 0.3) is 0 Å². The summed E-state index contributed by atoms with van der Waals surface area (Å²) in [6.07, 6.45) is 1.69. The molecule has 8 heteroatoms. The molecule has 0 bridgehead atoms. The van der Waals surface area contributed by atoms with E-state index in [1.807, 2.05) is 12.1 Å². The monoisotopic (exact) mass is 423 g/mol. The van der Waals surface area contributed by atoms with Crippen LogP contribution in [-0.4, -0.2) is 38.2 Å². The largest absolute Gasteiger partial charge is 0.491 e. The van der Waals surface area contributed by atoms with Gasteiger partial charge in [0.25, 0.3) is 0 Å². The second-order valence-corrected chi connectivity index (χ2v) is 7.51. The van der Waals surface area contributed by atoms with Crippen molar-refractivity contribution < 1.29 is 28.5 Å². The standard InChI is InChI=1S/C21H23ClFNO5/c1-27-20(28-2)21(7-3-4-12-8-13(22)5-6-15(12)21)11-29-18-10-16(23)17(24)9-14(18)19(25)26/h5-6,8-10,20H,3-4,7,11,24H2,1-2H3,(H,25,26). The van der Waals surface area contributed by atoms with Crippen molar-refractivity contribution in [3.8, 4) is 5.75 Å². The van der Waals surface area contributed by atoms with Gasteiger partial charge in [-0.05, 0) is 48.6 Å². The van der Waals surface area contributed by atoms with E-state index in [0.29, 0.717) is 11.4 Å². The number of nitrogens with two attached hydrogens (primary N) is 1. The Balaban J connectivity index is 2.04. The highest BCUT2D eigenvalue weighted by atomic mass is 35.5. The quantitative estimate of drug-likeness (QED) is 0.516. The SMILES string of the molecule is COC(OC)C1(COc2cc(F)c(N)cc2C(=O)O)CCCc2cc(Cl)ccc21. The van der Waals surface area contributed by atoms with Gasteiger partial charge in [-0.3, -0.25) is 0 Å². The molecule has 0 saturated heterocycles. The van der Waals surface area contributed by atoms with Gasteiger partial charge in [-0.2, -0.15) is 0 Å². The molecule has 0 saturated carbocycles. The Morgan fingerprint density at radius 1 is 1.31 bits per heavy atom. The number of hydrogen-bond donors (Lipinski definition) is 2. The summed E-state index contributed by atoms with van der Waals surface area (Å²) in [5.41, 5.74) is 6.32. The topological polar surface area (TPSA) is 91.0 Å². The minimum atomic E-state index is -1.26. The molecule has 0 spiro atoms. The first kappa shape index (κ1) is 21.4. The fourth-order valence-electron chi connectivity index (χ4n) is 4.06. The first-order valence-corrected chi connectivity index (χ1v) is 9.50. The molecular formula is C21H23ClFNO5. The van der Waals surface area contributed by atoms with Crippen molar-refractivity contribution in [1.82, 2.24) is 0 Å². The first-order chi connectivity index (χ1) is 13.8. The van der Waals surface area contributed by atoms with Crippen LogP contribution in [0.4, 0.5) is 10.1 Å². The van der Waals surface area contributed by atoms with Crippen molar-refractivity contribution in [2.45, 2.75) is 31.0 Å². The van der Waals surface area contributed by atoms with E-state index in [-0.39, 0.29) is 23.6 Å². The summed E-state index contributed by atoms with van der Waals surface area (Å²) in [7, 11) is 3.07. The minimum Gasteiger partial charge on any atom is -0.491 e. The smallest absolute Gasteiger partial charge is 0.339 e. The number of hydrogen-bond acceptors (Lipinski definition) is 5. The van der Waals surface area contributed by atoms with E-state index in [1.165, 1.54) is 14.2 Å². The zero-order valence-corrected chi connectivity index (χ0v) is 17.0. The summed E-state index contributed by atoms with van der Waals surface area (Å²) in [5, 5.41) is 10.1. The molecule has 1 aliphatic carbocycles. The Morgan fingerprint density at radius 3 is 2.69 bits per heavy atom. The zero-order chi connectivity index (χ0) is 21.2. The van der Waals surface area contributed by atoms with Gasteiger partial charge in [-0.1, -0.05) is 17.7 Å². The van der Waals surface area contributed by atoms with Crippen LogP contribution < -0.4 is 10.5 Å². The van der Waals surface area contributed by atoms with Gasteiger partial charge < -0.3 is 25.1 Å². The number of ether oxygens (including phenoxy) is 3. The number of methoxy groups -OCH3 is 2.